The highest BCUT2D eigenvalue weighted by Crippen LogP contribution is 2.21. The highest BCUT2D eigenvalue weighted by atomic mass is 127. The van der Waals surface area contributed by atoms with Crippen molar-refractivity contribution < 1.29 is 52.3 Å². The van der Waals surface area contributed by atoms with E-state index in [2.05, 4.69) is 69.4 Å². The number of halogens is 8. The van der Waals surface area contributed by atoms with Crippen LogP contribution in [0, 0.1) is 7.14 Å². The normalized spacial score (nSPS) is 11.5. The molecule has 0 bridgehead atoms. The van der Waals surface area contributed by atoms with E-state index >= 15 is 0 Å². The predicted molar refractivity (Wildman–Crippen MR) is 114 cm³/mol. The van der Waals surface area contributed by atoms with Gasteiger partial charge >= 0.3 is 31.3 Å². The molecule has 0 saturated carbocycles. The van der Waals surface area contributed by atoms with Gasteiger partial charge in [-0.1, -0.05) is 36.4 Å². The fourth-order valence-electron chi connectivity index (χ4n) is 0.829. The lowest BCUT2D eigenvalue weighted by atomic mass is 10.4. The quantitative estimate of drug-likeness (QED) is 0.165. The van der Waals surface area contributed by atoms with Crippen molar-refractivity contribution in [3.05, 3.63) is 67.8 Å². The first-order valence-corrected chi connectivity index (χ1v) is 11.8. The fraction of sp³-hybridized carbons (Fsp3) is 0.143. The smallest absolute Gasteiger partial charge is 0.279 e. The minimum absolute atomic E-state index is 1.29. The monoisotopic (exact) mass is 708 g/mol. The second-order valence-electron chi connectivity index (χ2n) is 4.43. The standard InChI is InChI=1S/2C6H5I.2CHF3O3S/c2*7-6-4-2-1-3-5-6;2*2-1(3,4)8(5,6)7/h2*1-5H;2*(H,5,6,7). The van der Waals surface area contributed by atoms with E-state index in [9.17, 15) is 26.3 Å². The number of hydrogen-bond donors (Lipinski definition) is 2. The summed E-state index contributed by atoms with van der Waals surface area (Å²) in [4.78, 5) is 0. The predicted octanol–water partition coefficient (Wildman–Crippen LogP) is 5.37. The lowest BCUT2D eigenvalue weighted by Crippen LogP contribution is -2.21. The highest BCUT2D eigenvalue weighted by Gasteiger charge is 2.45. The Morgan fingerprint density at radius 1 is 0.567 bits per heavy atom. The molecule has 0 heterocycles. The van der Waals surface area contributed by atoms with Gasteiger partial charge in [0.15, 0.2) is 0 Å². The summed E-state index contributed by atoms with van der Waals surface area (Å²) in [6, 6.07) is 20.4. The minimum atomic E-state index is -5.84. The molecule has 172 valence electrons. The van der Waals surface area contributed by atoms with Crippen molar-refractivity contribution in [2.45, 2.75) is 11.0 Å². The molecule has 16 heteroatoms. The summed E-state index contributed by atoms with van der Waals surface area (Å²) in [5.41, 5.74) is -11.1. The Kier molecular flexibility index (Phi) is 14.3. The van der Waals surface area contributed by atoms with Crippen LogP contribution in [0.3, 0.4) is 0 Å². The molecule has 2 rings (SSSR count). The lowest BCUT2D eigenvalue weighted by molar-refractivity contribution is -0.0514. The van der Waals surface area contributed by atoms with E-state index in [0.29, 0.717) is 0 Å². The van der Waals surface area contributed by atoms with E-state index in [1.807, 2.05) is 36.4 Å². The van der Waals surface area contributed by atoms with Gasteiger partial charge < -0.3 is 0 Å². The van der Waals surface area contributed by atoms with Crippen molar-refractivity contribution in [3.63, 3.8) is 0 Å². The van der Waals surface area contributed by atoms with Crippen LogP contribution < -0.4 is 0 Å². The van der Waals surface area contributed by atoms with Crippen molar-refractivity contribution in [2.24, 2.45) is 0 Å². The van der Waals surface area contributed by atoms with Crippen LogP contribution in [-0.4, -0.2) is 37.0 Å². The lowest BCUT2D eigenvalue weighted by Gasteiger charge is -1.97. The minimum Gasteiger partial charge on any atom is -0.279 e. The van der Waals surface area contributed by atoms with Crippen LogP contribution in [0.4, 0.5) is 26.3 Å². The zero-order valence-electron chi connectivity index (χ0n) is 14.1. The molecule has 0 aliphatic heterocycles. The van der Waals surface area contributed by atoms with Gasteiger partial charge in [-0.3, -0.25) is 9.11 Å². The molecule has 0 aliphatic rings. The van der Waals surface area contributed by atoms with Crippen LogP contribution in [0.2, 0.25) is 0 Å². The number of alkyl halides is 6. The van der Waals surface area contributed by atoms with Gasteiger partial charge in [-0.05, 0) is 69.4 Å². The summed E-state index contributed by atoms with van der Waals surface area (Å²) in [6.07, 6.45) is 0. The first kappa shape index (κ1) is 31.5. The molecule has 2 aromatic carbocycles. The molecule has 0 radical (unpaired) electrons. The first-order chi connectivity index (χ1) is 13.3. The average Bonchev–Trinajstić information content (AvgIpc) is 2.54. The summed E-state index contributed by atoms with van der Waals surface area (Å²) in [6.45, 7) is 0. The van der Waals surface area contributed by atoms with Gasteiger partial charge in [0.1, 0.15) is 0 Å². The van der Waals surface area contributed by atoms with Crippen LogP contribution in [0.5, 0.6) is 0 Å². The summed E-state index contributed by atoms with van der Waals surface area (Å²) in [5.74, 6) is 0. The first-order valence-electron chi connectivity index (χ1n) is 6.77. The molecule has 0 aliphatic carbocycles. The molecule has 6 nitrogen and oxygen atoms in total. The third kappa shape index (κ3) is 17.0. The molecule has 30 heavy (non-hydrogen) atoms. The molecular weight excluding hydrogens is 696 g/mol. The van der Waals surface area contributed by atoms with Crippen molar-refractivity contribution in [2.75, 3.05) is 0 Å². The summed E-state index contributed by atoms with van der Waals surface area (Å²) < 4.78 is 118. The van der Waals surface area contributed by atoms with Gasteiger partial charge in [0.2, 0.25) is 0 Å². The molecule has 0 saturated heterocycles. The number of hydrogen-bond acceptors (Lipinski definition) is 4. The maximum absolute atomic E-state index is 10.7. The van der Waals surface area contributed by atoms with Gasteiger partial charge in [-0.2, -0.15) is 43.2 Å². The van der Waals surface area contributed by atoms with Crippen molar-refractivity contribution in [1.82, 2.24) is 0 Å². The number of benzene rings is 2. The maximum atomic E-state index is 10.7. The Bertz CT molecular complexity index is 855. The van der Waals surface area contributed by atoms with E-state index in [1.165, 1.54) is 7.14 Å². The van der Waals surface area contributed by atoms with Crippen LogP contribution in [0.25, 0.3) is 0 Å². The molecule has 0 atom stereocenters. The van der Waals surface area contributed by atoms with E-state index < -0.39 is 31.3 Å². The Balaban J connectivity index is 0. The largest absolute Gasteiger partial charge is 0.522 e. The van der Waals surface area contributed by atoms with Crippen LogP contribution in [-0.2, 0) is 20.2 Å². The maximum Gasteiger partial charge on any atom is 0.522 e. The summed E-state index contributed by atoms with van der Waals surface area (Å²) in [5, 5.41) is 0. The Morgan fingerprint density at radius 2 is 0.733 bits per heavy atom. The van der Waals surface area contributed by atoms with Crippen molar-refractivity contribution in [3.8, 4) is 0 Å². The molecule has 2 aromatic rings. The third-order valence-corrected chi connectivity index (χ3v) is 4.66. The van der Waals surface area contributed by atoms with E-state index in [4.69, 9.17) is 25.9 Å². The fourth-order valence-corrected chi connectivity index (χ4v) is 1.66. The molecule has 2 N–H and O–H groups in total. The van der Waals surface area contributed by atoms with Crippen molar-refractivity contribution in [1.29, 1.82) is 0 Å². The van der Waals surface area contributed by atoms with Gasteiger partial charge in [0.25, 0.3) is 0 Å². The number of rotatable bonds is 0. The van der Waals surface area contributed by atoms with E-state index in [-0.39, 0.29) is 0 Å². The average molecular weight is 708 g/mol. The van der Waals surface area contributed by atoms with Gasteiger partial charge in [0.05, 0.1) is 0 Å². The molecular formula is C14H12F6I2O6S2. The Hall–Kier alpha value is -0.700. The molecule has 0 spiro atoms. The van der Waals surface area contributed by atoms with Gasteiger partial charge in [-0.15, -0.1) is 0 Å². The topological polar surface area (TPSA) is 109 Å². The van der Waals surface area contributed by atoms with Crippen molar-refractivity contribution >= 4 is 65.4 Å². The summed E-state index contributed by atoms with van der Waals surface area (Å²) in [7, 11) is -11.7. The molecule has 0 unspecified atom stereocenters. The SMILES string of the molecule is Ic1ccccc1.Ic1ccccc1.O=S(=O)(O)C(F)(F)F.O=S(=O)(O)C(F)(F)F. The molecule has 0 amide bonds. The van der Waals surface area contributed by atoms with E-state index in [1.54, 1.807) is 0 Å². The second-order valence-corrected chi connectivity index (χ2v) is 9.75. The second kappa shape index (κ2) is 13.7. The zero-order chi connectivity index (χ0) is 24.2. The van der Waals surface area contributed by atoms with Gasteiger partial charge in [-0.25, -0.2) is 0 Å². The highest BCUT2D eigenvalue weighted by molar-refractivity contribution is 14.1. The third-order valence-electron chi connectivity index (χ3n) is 2.05. The zero-order valence-corrected chi connectivity index (χ0v) is 20.1. The van der Waals surface area contributed by atoms with Crippen LogP contribution >= 0.6 is 45.2 Å². The summed E-state index contributed by atoms with van der Waals surface area (Å²) >= 11 is 4.56. The molecule has 0 fully saturated rings. The van der Waals surface area contributed by atoms with Crippen LogP contribution in [0.1, 0.15) is 0 Å². The molecule has 0 aromatic heterocycles. The van der Waals surface area contributed by atoms with Gasteiger partial charge in [0, 0.05) is 7.14 Å². The Labute approximate surface area is 195 Å². The van der Waals surface area contributed by atoms with Crippen LogP contribution in [0.15, 0.2) is 60.7 Å². The Morgan fingerprint density at radius 3 is 0.800 bits per heavy atom. The van der Waals surface area contributed by atoms with E-state index in [0.717, 1.165) is 0 Å².